The lowest BCUT2D eigenvalue weighted by atomic mass is 9.94. The largest absolute Gasteiger partial charge is 0.481 e. The van der Waals surface area contributed by atoms with Crippen LogP contribution in [-0.4, -0.2) is 43.9 Å². The van der Waals surface area contributed by atoms with E-state index in [0.717, 1.165) is 0 Å². The Morgan fingerprint density at radius 1 is 1.30 bits per heavy atom. The molecule has 6 nitrogen and oxygen atoms in total. The summed E-state index contributed by atoms with van der Waals surface area (Å²) in [4.78, 5) is 23.1. The molecule has 0 fully saturated rings. The number of benzene rings is 1. The first-order valence-electron chi connectivity index (χ1n) is 7.14. The summed E-state index contributed by atoms with van der Waals surface area (Å²) < 4.78 is 23.8. The van der Waals surface area contributed by atoms with Crippen molar-refractivity contribution in [1.82, 2.24) is 5.32 Å². The number of hydrogen-bond donors (Lipinski definition) is 2. The fourth-order valence-corrected chi connectivity index (χ4v) is 1.63. The molecule has 0 unspecified atom stereocenters. The van der Waals surface area contributed by atoms with Crippen LogP contribution in [0, 0.1) is 11.2 Å². The quantitative estimate of drug-likeness (QED) is 0.676. The molecule has 0 heterocycles. The van der Waals surface area contributed by atoms with Gasteiger partial charge in [-0.1, -0.05) is 0 Å². The van der Waals surface area contributed by atoms with Crippen molar-refractivity contribution in [2.75, 3.05) is 26.9 Å². The summed E-state index contributed by atoms with van der Waals surface area (Å²) in [6, 6.07) is 3.93. The standard InChI is InChI=1S/C16H22FNO5/c1-16(2,15(20)21)10-18-14(19)11-4-5-13(17)12(8-11)9-23-7-6-22-3/h4-5,8H,6-7,9-10H2,1-3H3,(H,18,19)(H,20,21). The van der Waals surface area contributed by atoms with Crippen LogP contribution in [0.25, 0.3) is 0 Å². The molecule has 1 aromatic carbocycles. The molecule has 0 saturated carbocycles. The number of nitrogens with one attached hydrogen (secondary N) is 1. The molecular weight excluding hydrogens is 305 g/mol. The van der Waals surface area contributed by atoms with Crippen LogP contribution in [-0.2, 0) is 20.9 Å². The third kappa shape index (κ3) is 5.96. The van der Waals surface area contributed by atoms with Gasteiger partial charge in [-0.2, -0.15) is 0 Å². The molecule has 0 aliphatic rings. The van der Waals surface area contributed by atoms with E-state index in [4.69, 9.17) is 14.6 Å². The van der Waals surface area contributed by atoms with Crippen LogP contribution in [0.1, 0.15) is 29.8 Å². The minimum Gasteiger partial charge on any atom is -0.481 e. The van der Waals surface area contributed by atoms with Crippen molar-refractivity contribution in [3.8, 4) is 0 Å². The Morgan fingerprint density at radius 2 is 2.00 bits per heavy atom. The molecule has 0 atom stereocenters. The maximum Gasteiger partial charge on any atom is 0.310 e. The predicted molar refractivity (Wildman–Crippen MR) is 81.7 cm³/mol. The Hall–Kier alpha value is -1.99. The number of amides is 1. The summed E-state index contributed by atoms with van der Waals surface area (Å²) in [5, 5.41) is 11.6. The zero-order valence-corrected chi connectivity index (χ0v) is 13.5. The second-order valence-electron chi connectivity index (χ2n) is 5.72. The molecule has 0 saturated heterocycles. The van der Waals surface area contributed by atoms with Gasteiger partial charge in [-0.15, -0.1) is 0 Å². The Bertz CT molecular complexity index is 559. The van der Waals surface area contributed by atoms with Gasteiger partial charge in [-0.05, 0) is 32.0 Å². The highest BCUT2D eigenvalue weighted by Gasteiger charge is 2.27. The van der Waals surface area contributed by atoms with Gasteiger partial charge in [0.1, 0.15) is 5.82 Å². The molecule has 128 valence electrons. The second kappa shape index (κ2) is 8.59. The number of rotatable bonds is 9. The lowest BCUT2D eigenvalue weighted by Crippen LogP contribution is -2.38. The van der Waals surface area contributed by atoms with Crippen molar-refractivity contribution in [1.29, 1.82) is 0 Å². The fourth-order valence-electron chi connectivity index (χ4n) is 1.63. The minimum absolute atomic E-state index is 0.0247. The van der Waals surface area contributed by atoms with Crippen molar-refractivity contribution in [3.63, 3.8) is 0 Å². The van der Waals surface area contributed by atoms with Crippen LogP contribution >= 0.6 is 0 Å². The first-order chi connectivity index (χ1) is 10.8. The van der Waals surface area contributed by atoms with Crippen molar-refractivity contribution in [2.24, 2.45) is 5.41 Å². The van der Waals surface area contributed by atoms with Crippen LogP contribution in [0.3, 0.4) is 0 Å². The van der Waals surface area contributed by atoms with E-state index in [0.29, 0.717) is 13.2 Å². The Labute approximate surface area is 134 Å². The molecule has 7 heteroatoms. The fraction of sp³-hybridized carbons (Fsp3) is 0.500. The number of hydrogen-bond acceptors (Lipinski definition) is 4. The van der Waals surface area contributed by atoms with Crippen LogP contribution in [0.15, 0.2) is 18.2 Å². The average Bonchev–Trinajstić information content (AvgIpc) is 2.50. The number of methoxy groups -OCH3 is 1. The number of carbonyl (C=O) groups is 2. The van der Waals surface area contributed by atoms with E-state index in [-0.39, 0.29) is 24.3 Å². The summed E-state index contributed by atoms with van der Waals surface area (Å²) in [5.41, 5.74) is -0.578. The van der Waals surface area contributed by atoms with E-state index in [1.54, 1.807) is 0 Å². The number of carboxylic acids is 1. The van der Waals surface area contributed by atoms with Gasteiger partial charge in [-0.25, -0.2) is 4.39 Å². The van der Waals surface area contributed by atoms with Gasteiger partial charge in [-0.3, -0.25) is 9.59 Å². The zero-order chi connectivity index (χ0) is 17.5. The predicted octanol–water partition coefficient (Wildman–Crippen LogP) is 1.83. The molecule has 1 amide bonds. The van der Waals surface area contributed by atoms with Crippen LogP contribution in [0.5, 0.6) is 0 Å². The maximum absolute atomic E-state index is 13.7. The summed E-state index contributed by atoms with van der Waals surface area (Å²) in [6.45, 7) is 3.73. The molecule has 23 heavy (non-hydrogen) atoms. The van der Waals surface area contributed by atoms with Gasteiger partial charge in [0, 0.05) is 24.8 Å². The van der Waals surface area contributed by atoms with Gasteiger partial charge < -0.3 is 19.9 Å². The molecule has 0 aliphatic carbocycles. The molecule has 1 rings (SSSR count). The smallest absolute Gasteiger partial charge is 0.310 e. The monoisotopic (exact) mass is 327 g/mol. The summed E-state index contributed by atoms with van der Waals surface area (Å²) in [6.07, 6.45) is 0. The van der Waals surface area contributed by atoms with E-state index in [9.17, 15) is 14.0 Å². The molecule has 0 aromatic heterocycles. The van der Waals surface area contributed by atoms with E-state index in [1.807, 2.05) is 0 Å². The lowest BCUT2D eigenvalue weighted by Gasteiger charge is -2.19. The average molecular weight is 327 g/mol. The van der Waals surface area contributed by atoms with Crippen LogP contribution < -0.4 is 5.32 Å². The third-order valence-corrected chi connectivity index (χ3v) is 3.27. The number of halogens is 1. The molecule has 0 radical (unpaired) electrons. The zero-order valence-electron chi connectivity index (χ0n) is 13.5. The van der Waals surface area contributed by atoms with Crippen molar-refractivity contribution >= 4 is 11.9 Å². The summed E-state index contributed by atoms with van der Waals surface area (Å²) in [5.74, 6) is -1.94. The van der Waals surface area contributed by atoms with Gasteiger partial charge >= 0.3 is 5.97 Å². The maximum atomic E-state index is 13.7. The van der Waals surface area contributed by atoms with E-state index < -0.39 is 23.1 Å². The molecule has 0 spiro atoms. The highest BCUT2D eigenvalue weighted by atomic mass is 19.1. The first kappa shape index (κ1) is 19.1. The number of ether oxygens (including phenoxy) is 2. The SMILES string of the molecule is COCCOCc1cc(C(=O)NCC(C)(C)C(=O)O)ccc1F. The topological polar surface area (TPSA) is 84.9 Å². The number of carbonyl (C=O) groups excluding carboxylic acids is 1. The van der Waals surface area contributed by atoms with E-state index in [2.05, 4.69) is 5.32 Å². The van der Waals surface area contributed by atoms with Crippen molar-refractivity contribution in [2.45, 2.75) is 20.5 Å². The molecule has 2 N–H and O–H groups in total. The number of carboxylic acid groups (broad SMARTS) is 1. The highest BCUT2D eigenvalue weighted by molar-refractivity contribution is 5.94. The lowest BCUT2D eigenvalue weighted by molar-refractivity contribution is -0.146. The van der Waals surface area contributed by atoms with E-state index >= 15 is 0 Å². The van der Waals surface area contributed by atoms with Crippen LogP contribution in [0.4, 0.5) is 4.39 Å². The molecule has 0 aliphatic heterocycles. The minimum atomic E-state index is -1.08. The molecule has 1 aromatic rings. The molecule has 0 bridgehead atoms. The Balaban J connectivity index is 2.69. The second-order valence-corrected chi connectivity index (χ2v) is 5.72. The van der Waals surface area contributed by atoms with Gasteiger partial charge in [0.25, 0.3) is 5.91 Å². The first-order valence-corrected chi connectivity index (χ1v) is 7.14. The summed E-state index contributed by atoms with van der Waals surface area (Å²) in [7, 11) is 1.54. The van der Waals surface area contributed by atoms with E-state index in [1.165, 1.54) is 39.2 Å². The summed E-state index contributed by atoms with van der Waals surface area (Å²) >= 11 is 0. The highest BCUT2D eigenvalue weighted by Crippen LogP contribution is 2.15. The Morgan fingerprint density at radius 3 is 2.61 bits per heavy atom. The van der Waals surface area contributed by atoms with Gasteiger partial charge in [0.15, 0.2) is 0 Å². The number of aliphatic carboxylic acids is 1. The Kier molecular flexibility index (Phi) is 7.12. The van der Waals surface area contributed by atoms with Crippen LogP contribution in [0.2, 0.25) is 0 Å². The van der Waals surface area contributed by atoms with Crippen molar-refractivity contribution in [3.05, 3.63) is 35.1 Å². The van der Waals surface area contributed by atoms with Gasteiger partial charge in [0.2, 0.25) is 0 Å². The van der Waals surface area contributed by atoms with Crippen molar-refractivity contribution < 1.29 is 28.6 Å². The van der Waals surface area contributed by atoms with Gasteiger partial charge in [0.05, 0.1) is 25.2 Å². The third-order valence-electron chi connectivity index (χ3n) is 3.27. The molecular formula is C16H22FNO5. The normalized spacial score (nSPS) is 11.3.